The number of morpholine rings is 1. The number of hydrogen-bond acceptors (Lipinski definition) is 5. The standard InChI is InChI=1S/C19H21ClF2N4O2/c1-19(21,22)18-24-10-13(11-25-18)16(26-6-8-28-9-7-26)12-23-17(27)14-4-2-3-5-15(14)20/h2-5,10-11,16H,6-9,12H2,1H3,(H,23,27). The van der Waals surface area contributed by atoms with Crippen molar-refractivity contribution in [3.63, 3.8) is 0 Å². The fourth-order valence-electron chi connectivity index (χ4n) is 3.01. The summed E-state index contributed by atoms with van der Waals surface area (Å²) < 4.78 is 32.2. The van der Waals surface area contributed by atoms with Gasteiger partial charge < -0.3 is 10.1 Å². The number of aromatic nitrogens is 2. The Balaban J connectivity index is 1.77. The van der Waals surface area contributed by atoms with E-state index < -0.39 is 11.7 Å². The van der Waals surface area contributed by atoms with E-state index in [1.54, 1.807) is 24.3 Å². The van der Waals surface area contributed by atoms with Gasteiger partial charge in [0.1, 0.15) is 0 Å². The highest BCUT2D eigenvalue weighted by Gasteiger charge is 2.29. The number of rotatable bonds is 6. The van der Waals surface area contributed by atoms with E-state index in [1.165, 1.54) is 12.4 Å². The van der Waals surface area contributed by atoms with Gasteiger partial charge in [-0.15, -0.1) is 0 Å². The van der Waals surface area contributed by atoms with Crippen LogP contribution < -0.4 is 5.32 Å². The van der Waals surface area contributed by atoms with Crippen molar-refractivity contribution < 1.29 is 18.3 Å². The third-order valence-corrected chi connectivity index (χ3v) is 4.84. The zero-order chi connectivity index (χ0) is 20.1. The molecule has 0 spiro atoms. The van der Waals surface area contributed by atoms with Gasteiger partial charge in [-0.1, -0.05) is 23.7 Å². The summed E-state index contributed by atoms with van der Waals surface area (Å²) in [6.45, 7) is 3.43. The van der Waals surface area contributed by atoms with Gasteiger partial charge >= 0.3 is 5.92 Å². The van der Waals surface area contributed by atoms with Gasteiger partial charge in [0.25, 0.3) is 5.91 Å². The van der Waals surface area contributed by atoms with Gasteiger partial charge in [0.2, 0.25) is 0 Å². The lowest BCUT2D eigenvalue weighted by Crippen LogP contribution is -2.44. The Labute approximate surface area is 166 Å². The molecule has 9 heteroatoms. The van der Waals surface area contributed by atoms with E-state index in [2.05, 4.69) is 20.2 Å². The van der Waals surface area contributed by atoms with Crippen molar-refractivity contribution in [1.29, 1.82) is 0 Å². The molecule has 1 amide bonds. The molecule has 6 nitrogen and oxygen atoms in total. The molecule has 3 rings (SSSR count). The normalized spacial score (nSPS) is 16.6. The lowest BCUT2D eigenvalue weighted by atomic mass is 10.1. The maximum absolute atomic E-state index is 13.4. The van der Waals surface area contributed by atoms with Crippen LogP contribution in [0.2, 0.25) is 5.02 Å². The molecule has 0 radical (unpaired) electrons. The summed E-state index contributed by atoms with van der Waals surface area (Å²) in [5, 5.41) is 3.23. The predicted molar refractivity (Wildman–Crippen MR) is 101 cm³/mol. The van der Waals surface area contributed by atoms with Crippen molar-refractivity contribution in [2.45, 2.75) is 18.9 Å². The Bertz CT molecular complexity index is 808. The van der Waals surface area contributed by atoms with Crippen LogP contribution in [0, 0.1) is 0 Å². The quantitative estimate of drug-likeness (QED) is 0.792. The highest BCUT2D eigenvalue weighted by Crippen LogP contribution is 2.25. The molecule has 0 aliphatic carbocycles. The summed E-state index contributed by atoms with van der Waals surface area (Å²) in [7, 11) is 0. The molecule has 1 aliphatic rings. The van der Waals surface area contributed by atoms with E-state index in [0.29, 0.717) is 42.5 Å². The second kappa shape index (κ2) is 8.89. The summed E-state index contributed by atoms with van der Waals surface area (Å²) >= 11 is 6.08. The highest BCUT2D eigenvalue weighted by atomic mass is 35.5. The Morgan fingerprint density at radius 2 is 1.93 bits per heavy atom. The largest absolute Gasteiger partial charge is 0.379 e. The lowest BCUT2D eigenvalue weighted by Gasteiger charge is -2.34. The molecular formula is C19H21ClF2N4O2. The van der Waals surface area contributed by atoms with E-state index >= 15 is 0 Å². The molecular weight excluding hydrogens is 390 g/mol. The minimum absolute atomic E-state index is 0.259. The van der Waals surface area contributed by atoms with Gasteiger partial charge in [-0.25, -0.2) is 9.97 Å². The average molecular weight is 411 g/mol. The van der Waals surface area contributed by atoms with Crippen LogP contribution in [0.3, 0.4) is 0 Å². The number of nitrogens with one attached hydrogen (secondary N) is 1. The van der Waals surface area contributed by atoms with E-state index in [9.17, 15) is 13.6 Å². The molecule has 2 heterocycles. The molecule has 1 N–H and O–H groups in total. The van der Waals surface area contributed by atoms with E-state index in [1.807, 2.05) is 0 Å². The third-order valence-electron chi connectivity index (χ3n) is 4.51. The van der Waals surface area contributed by atoms with Crippen molar-refractivity contribution in [3.8, 4) is 0 Å². The maximum Gasteiger partial charge on any atom is 0.303 e. The molecule has 1 unspecified atom stereocenters. The van der Waals surface area contributed by atoms with Crippen molar-refractivity contribution in [1.82, 2.24) is 20.2 Å². The van der Waals surface area contributed by atoms with Crippen LogP contribution in [0.1, 0.15) is 34.7 Å². The van der Waals surface area contributed by atoms with Crippen molar-refractivity contribution in [3.05, 3.63) is 58.6 Å². The molecule has 1 saturated heterocycles. The van der Waals surface area contributed by atoms with E-state index in [0.717, 1.165) is 6.92 Å². The average Bonchev–Trinajstić information content (AvgIpc) is 2.69. The van der Waals surface area contributed by atoms with Crippen LogP contribution in [0.5, 0.6) is 0 Å². The monoisotopic (exact) mass is 410 g/mol. The van der Waals surface area contributed by atoms with Gasteiger partial charge in [-0.2, -0.15) is 8.78 Å². The summed E-state index contributed by atoms with van der Waals surface area (Å²) in [4.78, 5) is 22.2. The Hall–Kier alpha value is -2.16. The number of halogens is 3. The zero-order valence-electron chi connectivity index (χ0n) is 15.4. The smallest absolute Gasteiger partial charge is 0.303 e. The molecule has 1 aliphatic heterocycles. The fraction of sp³-hybridized carbons (Fsp3) is 0.421. The molecule has 28 heavy (non-hydrogen) atoms. The molecule has 1 aromatic carbocycles. The molecule has 0 saturated carbocycles. The van der Waals surface area contributed by atoms with Crippen LogP contribution in [0.25, 0.3) is 0 Å². The van der Waals surface area contributed by atoms with Crippen LogP contribution in [0.15, 0.2) is 36.7 Å². The number of ether oxygens (including phenoxy) is 1. The molecule has 0 bridgehead atoms. The first-order valence-electron chi connectivity index (χ1n) is 8.91. The molecule has 1 atom stereocenters. The van der Waals surface area contributed by atoms with Gasteiger partial charge in [0, 0.05) is 44.5 Å². The lowest BCUT2D eigenvalue weighted by molar-refractivity contribution is 0.00694. The molecule has 2 aromatic rings. The first kappa shape index (κ1) is 20.6. The predicted octanol–water partition coefficient (Wildman–Crippen LogP) is 3.05. The minimum Gasteiger partial charge on any atom is -0.379 e. The molecule has 1 fully saturated rings. The van der Waals surface area contributed by atoms with Gasteiger partial charge in [0.05, 0.1) is 29.8 Å². The maximum atomic E-state index is 13.4. The van der Waals surface area contributed by atoms with Crippen LogP contribution in [-0.2, 0) is 10.7 Å². The Morgan fingerprint density at radius 1 is 1.29 bits per heavy atom. The number of nitrogens with zero attached hydrogens (tertiary/aromatic N) is 3. The fourth-order valence-corrected chi connectivity index (χ4v) is 3.24. The first-order chi connectivity index (χ1) is 13.4. The molecule has 150 valence electrons. The van der Waals surface area contributed by atoms with Crippen LogP contribution >= 0.6 is 11.6 Å². The molecule has 1 aromatic heterocycles. The Kier molecular flexibility index (Phi) is 6.53. The summed E-state index contributed by atoms with van der Waals surface area (Å²) in [6.07, 6.45) is 2.78. The number of benzene rings is 1. The van der Waals surface area contributed by atoms with E-state index in [-0.39, 0.29) is 18.5 Å². The number of hydrogen-bond donors (Lipinski definition) is 1. The Morgan fingerprint density at radius 3 is 2.54 bits per heavy atom. The topological polar surface area (TPSA) is 67.4 Å². The second-order valence-electron chi connectivity index (χ2n) is 6.58. The summed E-state index contributed by atoms with van der Waals surface area (Å²) in [6, 6.07) is 6.50. The first-order valence-corrected chi connectivity index (χ1v) is 9.29. The number of carbonyl (C=O) groups excluding carboxylic acids is 1. The third kappa shape index (κ3) is 5.01. The van der Waals surface area contributed by atoms with Crippen LogP contribution in [-0.4, -0.2) is 53.6 Å². The number of alkyl halides is 2. The SMILES string of the molecule is CC(F)(F)c1ncc(C(CNC(=O)c2ccccc2Cl)N2CCOCC2)cn1. The van der Waals surface area contributed by atoms with Gasteiger partial charge in [0.15, 0.2) is 5.82 Å². The van der Waals surface area contributed by atoms with Gasteiger partial charge in [-0.3, -0.25) is 9.69 Å². The number of carbonyl (C=O) groups is 1. The van der Waals surface area contributed by atoms with E-state index in [4.69, 9.17) is 16.3 Å². The van der Waals surface area contributed by atoms with Crippen molar-refractivity contribution >= 4 is 17.5 Å². The van der Waals surface area contributed by atoms with Crippen molar-refractivity contribution in [2.75, 3.05) is 32.8 Å². The van der Waals surface area contributed by atoms with Crippen molar-refractivity contribution in [2.24, 2.45) is 0 Å². The van der Waals surface area contributed by atoms with Crippen LogP contribution in [0.4, 0.5) is 8.78 Å². The summed E-state index contributed by atoms with van der Waals surface area (Å²) in [5.74, 6) is -3.94. The van der Waals surface area contributed by atoms with Gasteiger partial charge in [-0.05, 0) is 12.1 Å². The number of amides is 1. The summed E-state index contributed by atoms with van der Waals surface area (Å²) in [5.41, 5.74) is 1.02. The highest BCUT2D eigenvalue weighted by molar-refractivity contribution is 6.33. The minimum atomic E-state index is -3.11. The zero-order valence-corrected chi connectivity index (χ0v) is 16.1. The second-order valence-corrected chi connectivity index (χ2v) is 6.99.